The molecule has 0 saturated heterocycles. The Hall–Kier alpha value is -4.45. The van der Waals surface area contributed by atoms with Gasteiger partial charge in [-0.1, -0.05) is 30.3 Å². The van der Waals surface area contributed by atoms with Gasteiger partial charge in [-0.05, 0) is 60.2 Å². The van der Waals surface area contributed by atoms with E-state index >= 15 is 0 Å². The average Bonchev–Trinajstić information content (AvgIpc) is 3.66. The van der Waals surface area contributed by atoms with Crippen LogP contribution in [0.1, 0.15) is 22.8 Å². The summed E-state index contributed by atoms with van der Waals surface area (Å²) in [5.74, 6) is 0. The Bertz CT molecular complexity index is 2370. The van der Waals surface area contributed by atoms with Crippen LogP contribution in [-0.4, -0.2) is 57.8 Å². The Morgan fingerprint density at radius 3 is 1.76 bits per heavy atom. The minimum absolute atomic E-state index is 0.0137. The maximum absolute atomic E-state index is 13.0. The van der Waals surface area contributed by atoms with Crippen molar-refractivity contribution in [1.82, 2.24) is 18.9 Å². The predicted octanol–water partition coefficient (Wildman–Crippen LogP) is 3.94. The zero-order chi connectivity index (χ0) is 30.0. The Balaban J connectivity index is 2.04. The summed E-state index contributed by atoms with van der Waals surface area (Å²) in [6.07, 6.45) is 5.50. The van der Waals surface area contributed by atoms with Crippen molar-refractivity contribution in [3.8, 4) is 11.1 Å². The highest BCUT2D eigenvalue weighted by atomic mass is 32.2. The number of benzene rings is 1. The molecule has 0 atom stereocenters. The molecule has 3 aromatic heterocycles. The van der Waals surface area contributed by atoms with Crippen LogP contribution in [0.3, 0.4) is 0 Å². The Morgan fingerprint density at radius 1 is 0.643 bits per heavy atom. The number of aromatic amines is 1. The molecule has 214 valence electrons. The first-order chi connectivity index (χ1) is 19.7. The Kier molecular flexibility index (Phi) is 6.30. The summed E-state index contributed by atoms with van der Waals surface area (Å²) >= 11 is 0. The van der Waals surface area contributed by atoms with E-state index in [1.54, 1.807) is 30.3 Å². The lowest BCUT2D eigenvalue weighted by Gasteiger charge is -2.07. The van der Waals surface area contributed by atoms with Crippen LogP contribution in [0.2, 0.25) is 0 Å². The van der Waals surface area contributed by atoms with Gasteiger partial charge in [0.25, 0.3) is 20.2 Å². The minimum atomic E-state index is -5.55. The van der Waals surface area contributed by atoms with E-state index in [0.717, 1.165) is 12.1 Å². The van der Waals surface area contributed by atoms with E-state index in [1.165, 1.54) is 42.5 Å². The number of hydrogen-bond acceptors (Lipinski definition) is 8. The van der Waals surface area contributed by atoms with E-state index in [9.17, 15) is 38.9 Å². The first kappa shape index (κ1) is 27.7. The van der Waals surface area contributed by atoms with Crippen molar-refractivity contribution < 1.29 is 38.9 Å². The van der Waals surface area contributed by atoms with E-state index in [4.69, 9.17) is 0 Å². The summed E-state index contributed by atoms with van der Waals surface area (Å²) in [6.45, 7) is 0. The van der Waals surface area contributed by atoms with Crippen molar-refractivity contribution in [3.63, 3.8) is 0 Å². The number of H-pyrrole nitrogens is 1. The van der Waals surface area contributed by atoms with Crippen molar-refractivity contribution in [3.05, 3.63) is 83.4 Å². The molecular weight excluding hydrogens is 609 g/mol. The van der Waals surface area contributed by atoms with Crippen LogP contribution in [0.25, 0.3) is 57.5 Å². The quantitative estimate of drug-likeness (QED) is 0.206. The summed E-state index contributed by atoms with van der Waals surface area (Å²) in [7, 11) is -16.5. The van der Waals surface area contributed by atoms with Gasteiger partial charge in [-0.2, -0.15) is 25.3 Å². The number of aromatic nitrogens is 4. The van der Waals surface area contributed by atoms with Gasteiger partial charge in [0.15, 0.2) is 0 Å². The van der Waals surface area contributed by atoms with Crippen molar-refractivity contribution >= 4 is 76.9 Å². The fraction of sp³-hybridized carbons (Fsp3) is 0. The third-order valence-electron chi connectivity index (χ3n) is 6.34. The second-order valence-electron chi connectivity index (χ2n) is 9.18. The molecule has 1 aromatic carbocycles. The molecule has 0 saturated carbocycles. The van der Waals surface area contributed by atoms with Crippen LogP contribution in [0.15, 0.2) is 70.5 Å². The molecule has 4 N–H and O–H groups in total. The molecule has 8 bridgehead atoms. The number of nitrogens with zero attached hydrogens (tertiary/aromatic N) is 3. The van der Waals surface area contributed by atoms with Gasteiger partial charge in [-0.25, -0.2) is 13.9 Å². The van der Waals surface area contributed by atoms with Crippen LogP contribution in [-0.2, 0) is 30.5 Å². The molecular formula is C26H18N4O9S3. The van der Waals surface area contributed by atoms with E-state index in [0.29, 0.717) is 16.7 Å². The lowest BCUT2D eigenvalue weighted by Crippen LogP contribution is -2.14. The van der Waals surface area contributed by atoms with Crippen molar-refractivity contribution in [2.24, 2.45) is 0 Å². The van der Waals surface area contributed by atoms with E-state index in [2.05, 4.69) is 15.0 Å². The van der Waals surface area contributed by atoms with Gasteiger partial charge in [0.05, 0.1) is 28.3 Å². The highest BCUT2D eigenvalue weighted by Gasteiger charge is 2.36. The zero-order valence-electron chi connectivity index (χ0n) is 20.9. The molecule has 0 amide bonds. The lowest BCUT2D eigenvalue weighted by molar-refractivity contribution is 0.475. The second kappa shape index (κ2) is 9.55. The van der Waals surface area contributed by atoms with Crippen LogP contribution in [0, 0.1) is 0 Å². The molecule has 6 rings (SSSR count). The standard InChI is InChI=1S/C26H18N4O9S3/c31-40(32,33)25-21-11-10-19(29-21)13-18-7-6-16(27-18)12-17-8-9-20(28-17)14-22-23(15-4-2-1-3-5-15)26(41(34,35)36)24(25)30(22)42(37,38)39/h1-14,27H,(H,31,32,33)(H,34,35,36)(H,37,38,39). The maximum Gasteiger partial charge on any atom is 0.364 e. The smallest absolute Gasteiger partial charge is 0.355 e. The second-order valence-corrected chi connectivity index (χ2v) is 13.2. The molecule has 0 radical (unpaired) electrons. The van der Waals surface area contributed by atoms with Crippen molar-refractivity contribution in [1.29, 1.82) is 0 Å². The van der Waals surface area contributed by atoms with Crippen LogP contribution < -0.4 is 0 Å². The number of fused-ring (bicyclic) bond motifs is 8. The Labute approximate surface area is 238 Å². The molecule has 42 heavy (non-hydrogen) atoms. The number of hydrogen-bond donors (Lipinski definition) is 4. The molecule has 13 nitrogen and oxygen atoms in total. The van der Waals surface area contributed by atoms with Gasteiger partial charge in [-0.15, -0.1) is 0 Å². The third kappa shape index (κ3) is 4.95. The fourth-order valence-corrected chi connectivity index (χ4v) is 7.54. The number of nitrogens with one attached hydrogen (secondary N) is 1. The molecule has 0 spiro atoms. The number of rotatable bonds is 4. The van der Waals surface area contributed by atoms with E-state index in [1.807, 2.05) is 0 Å². The molecule has 0 fully saturated rings. The predicted molar refractivity (Wildman–Crippen MR) is 155 cm³/mol. The molecule has 0 unspecified atom stereocenters. The molecule has 2 aliphatic rings. The average molecular weight is 627 g/mol. The van der Waals surface area contributed by atoms with Crippen molar-refractivity contribution in [2.45, 2.75) is 9.79 Å². The van der Waals surface area contributed by atoms with E-state index < -0.39 is 62.6 Å². The Morgan fingerprint density at radius 2 is 1.19 bits per heavy atom. The van der Waals surface area contributed by atoms with Gasteiger partial charge >= 0.3 is 10.3 Å². The third-order valence-corrected chi connectivity index (χ3v) is 9.02. The van der Waals surface area contributed by atoms with Gasteiger partial charge in [0, 0.05) is 16.6 Å². The first-order valence-electron chi connectivity index (χ1n) is 11.9. The minimum Gasteiger partial charge on any atom is -0.355 e. The summed E-state index contributed by atoms with van der Waals surface area (Å²) < 4.78 is 109. The summed E-state index contributed by atoms with van der Waals surface area (Å²) in [5.41, 5.74) is -1.05. The molecule has 0 aliphatic carbocycles. The monoisotopic (exact) mass is 626 g/mol. The van der Waals surface area contributed by atoms with Crippen LogP contribution >= 0.6 is 0 Å². The van der Waals surface area contributed by atoms with Gasteiger partial charge in [-0.3, -0.25) is 13.7 Å². The van der Waals surface area contributed by atoms with Crippen LogP contribution in [0.4, 0.5) is 0 Å². The summed E-state index contributed by atoms with van der Waals surface area (Å²) in [5, 5.41) is 0. The SMILES string of the molecule is O=S(=O)(O)c1c2nc(cc3ccc(cc4nc(cc5c(-c6ccccc6)c(S(=O)(=O)O)c1n5S(=O)(=O)O)C=C4)[nH]3)C=C2. The van der Waals surface area contributed by atoms with Gasteiger partial charge in [0.1, 0.15) is 15.3 Å². The highest BCUT2D eigenvalue weighted by Crippen LogP contribution is 2.41. The maximum atomic E-state index is 13.0. The van der Waals surface area contributed by atoms with Crippen molar-refractivity contribution in [2.75, 3.05) is 0 Å². The molecule has 4 aromatic rings. The van der Waals surface area contributed by atoms with Crippen LogP contribution in [0.5, 0.6) is 0 Å². The normalized spacial score (nSPS) is 13.5. The molecule has 5 heterocycles. The highest BCUT2D eigenvalue weighted by molar-refractivity contribution is 7.87. The lowest BCUT2D eigenvalue weighted by atomic mass is 10.1. The topological polar surface area (TPSA) is 210 Å². The first-order valence-corrected chi connectivity index (χ1v) is 16.1. The summed E-state index contributed by atoms with van der Waals surface area (Å²) in [4.78, 5) is 9.18. The van der Waals surface area contributed by atoms with E-state index in [-0.39, 0.29) is 20.9 Å². The van der Waals surface area contributed by atoms with Gasteiger partial charge < -0.3 is 4.98 Å². The van der Waals surface area contributed by atoms with Gasteiger partial charge in [0.2, 0.25) is 0 Å². The zero-order valence-corrected chi connectivity index (χ0v) is 23.4. The summed E-state index contributed by atoms with van der Waals surface area (Å²) in [6, 6.07) is 15.1. The molecule has 2 aliphatic heterocycles. The largest absolute Gasteiger partial charge is 0.364 e. The fourth-order valence-electron chi connectivity index (χ4n) is 4.82. The molecule has 16 heteroatoms.